The summed E-state index contributed by atoms with van der Waals surface area (Å²) in [4.78, 5) is 11.1. The molecule has 1 heterocycles. The summed E-state index contributed by atoms with van der Waals surface area (Å²) in [6, 6.07) is 7.21. The molecule has 2 rings (SSSR count). The number of amides is 1. The summed E-state index contributed by atoms with van der Waals surface area (Å²) in [7, 11) is 1.45. The monoisotopic (exact) mass is 253 g/mol. The van der Waals surface area contributed by atoms with Gasteiger partial charge < -0.3 is 24.6 Å². The van der Waals surface area contributed by atoms with Gasteiger partial charge in [0.05, 0.1) is 6.61 Å². The number of ether oxygens (including phenoxy) is 3. The molecular weight excluding hydrogens is 238 g/mol. The van der Waals surface area contributed by atoms with Crippen molar-refractivity contribution in [3.63, 3.8) is 0 Å². The number of carbonyl (C=O) groups excluding carboxylic acids is 1. The molecule has 0 saturated heterocycles. The van der Waals surface area contributed by atoms with Gasteiger partial charge in [-0.25, -0.2) is 4.79 Å². The highest BCUT2D eigenvalue weighted by Crippen LogP contribution is 2.31. The van der Waals surface area contributed by atoms with Crippen LogP contribution in [-0.4, -0.2) is 43.7 Å². The largest absolute Gasteiger partial charge is 0.486 e. The third-order valence-electron chi connectivity index (χ3n) is 2.59. The molecule has 0 fully saturated rings. The summed E-state index contributed by atoms with van der Waals surface area (Å²) in [6.45, 7) is -0.108. The van der Waals surface area contributed by atoms with Crippen molar-refractivity contribution < 1.29 is 24.1 Å². The van der Waals surface area contributed by atoms with Gasteiger partial charge >= 0.3 is 6.09 Å². The number of aliphatic hydroxyl groups is 1. The predicted molar refractivity (Wildman–Crippen MR) is 62.8 cm³/mol. The minimum absolute atomic E-state index is 0.221. The Kier molecular flexibility index (Phi) is 3.88. The number of rotatable bonds is 3. The standard InChI is InChI=1S/C12H15NO5/c1-13-12(15)18-10(6-14)11-7-16-8-4-2-3-5-9(8)17-11/h2-5,10-11,14H,6-7H2,1H3,(H,13,15). The van der Waals surface area contributed by atoms with Crippen LogP contribution >= 0.6 is 0 Å². The molecule has 0 aromatic heterocycles. The molecule has 1 amide bonds. The SMILES string of the molecule is CNC(=O)OC(CO)C1COc2ccccc2O1. The van der Waals surface area contributed by atoms with Crippen molar-refractivity contribution >= 4 is 6.09 Å². The van der Waals surface area contributed by atoms with Crippen molar-refractivity contribution in [2.24, 2.45) is 0 Å². The van der Waals surface area contributed by atoms with Crippen molar-refractivity contribution in [2.45, 2.75) is 12.2 Å². The summed E-state index contributed by atoms with van der Waals surface area (Å²) in [5.41, 5.74) is 0. The van der Waals surface area contributed by atoms with E-state index >= 15 is 0 Å². The van der Waals surface area contributed by atoms with E-state index < -0.39 is 18.3 Å². The molecule has 1 aliphatic rings. The summed E-state index contributed by atoms with van der Waals surface area (Å²) in [5.74, 6) is 1.22. The van der Waals surface area contributed by atoms with Crippen molar-refractivity contribution in [1.29, 1.82) is 0 Å². The lowest BCUT2D eigenvalue weighted by atomic mass is 10.2. The highest BCUT2D eigenvalue weighted by molar-refractivity contribution is 5.66. The van der Waals surface area contributed by atoms with E-state index in [0.29, 0.717) is 11.5 Å². The van der Waals surface area contributed by atoms with Crippen LogP contribution in [0.25, 0.3) is 0 Å². The van der Waals surface area contributed by atoms with Crippen LogP contribution in [0.1, 0.15) is 0 Å². The van der Waals surface area contributed by atoms with Gasteiger partial charge in [0.1, 0.15) is 6.61 Å². The Morgan fingerprint density at radius 3 is 2.94 bits per heavy atom. The van der Waals surface area contributed by atoms with Crippen LogP contribution in [0.4, 0.5) is 4.79 Å². The van der Waals surface area contributed by atoms with Crippen molar-refractivity contribution in [3.05, 3.63) is 24.3 Å². The first-order valence-electron chi connectivity index (χ1n) is 5.62. The molecule has 0 spiro atoms. The third kappa shape index (κ3) is 2.65. The summed E-state index contributed by atoms with van der Waals surface area (Å²) in [6.07, 6.45) is -1.91. The van der Waals surface area contributed by atoms with Crippen LogP contribution < -0.4 is 14.8 Å². The minimum atomic E-state index is -0.765. The lowest BCUT2D eigenvalue weighted by Gasteiger charge is -2.30. The quantitative estimate of drug-likeness (QED) is 0.822. The first-order chi connectivity index (χ1) is 8.74. The highest BCUT2D eigenvalue weighted by atomic mass is 16.6. The van der Waals surface area contributed by atoms with Gasteiger partial charge in [0.2, 0.25) is 0 Å². The van der Waals surface area contributed by atoms with E-state index in [4.69, 9.17) is 14.2 Å². The molecule has 0 saturated carbocycles. The maximum Gasteiger partial charge on any atom is 0.407 e. The first kappa shape index (κ1) is 12.5. The smallest absolute Gasteiger partial charge is 0.407 e. The Balaban J connectivity index is 2.04. The van der Waals surface area contributed by atoms with Gasteiger partial charge in [-0.1, -0.05) is 12.1 Å². The topological polar surface area (TPSA) is 77.0 Å². The van der Waals surface area contributed by atoms with E-state index in [1.165, 1.54) is 7.05 Å². The minimum Gasteiger partial charge on any atom is -0.486 e. The number of hydrogen-bond donors (Lipinski definition) is 2. The molecule has 0 bridgehead atoms. The molecule has 1 aromatic carbocycles. The maximum absolute atomic E-state index is 11.1. The molecule has 1 aromatic rings. The molecule has 0 radical (unpaired) electrons. The van der Waals surface area contributed by atoms with Gasteiger partial charge in [-0.3, -0.25) is 0 Å². The molecule has 6 heteroatoms. The van der Waals surface area contributed by atoms with Gasteiger partial charge in [-0.15, -0.1) is 0 Å². The lowest BCUT2D eigenvalue weighted by Crippen LogP contribution is -2.45. The van der Waals surface area contributed by atoms with Gasteiger partial charge in [0.25, 0.3) is 0 Å². The molecule has 0 aliphatic carbocycles. The predicted octanol–water partition coefficient (Wildman–Crippen LogP) is 0.543. The second kappa shape index (κ2) is 5.59. The van der Waals surface area contributed by atoms with Gasteiger partial charge in [-0.05, 0) is 12.1 Å². The highest BCUT2D eigenvalue weighted by Gasteiger charge is 2.31. The molecular formula is C12H15NO5. The summed E-state index contributed by atoms with van der Waals surface area (Å²) in [5, 5.41) is 11.5. The van der Waals surface area contributed by atoms with Crippen LogP contribution in [0.5, 0.6) is 11.5 Å². The Bertz CT molecular complexity index is 423. The first-order valence-corrected chi connectivity index (χ1v) is 5.62. The van der Waals surface area contributed by atoms with Crippen LogP contribution in [0.3, 0.4) is 0 Å². The fourth-order valence-electron chi connectivity index (χ4n) is 1.65. The zero-order valence-electron chi connectivity index (χ0n) is 9.96. The second-order valence-corrected chi connectivity index (χ2v) is 3.79. The van der Waals surface area contributed by atoms with Gasteiger partial charge in [0, 0.05) is 7.05 Å². The molecule has 6 nitrogen and oxygen atoms in total. The van der Waals surface area contributed by atoms with Crippen LogP contribution in [0.2, 0.25) is 0 Å². The molecule has 98 valence electrons. The van der Waals surface area contributed by atoms with E-state index in [-0.39, 0.29) is 13.2 Å². The number of benzene rings is 1. The Morgan fingerprint density at radius 1 is 1.56 bits per heavy atom. The Morgan fingerprint density at radius 2 is 2.28 bits per heavy atom. The number of aliphatic hydroxyl groups excluding tert-OH is 1. The van der Waals surface area contributed by atoms with E-state index in [1.807, 2.05) is 12.1 Å². The zero-order chi connectivity index (χ0) is 13.0. The number of hydrogen-bond acceptors (Lipinski definition) is 5. The zero-order valence-corrected chi connectivity index (χ0v) is 9.96. The maximum atomic E-state index is 11.1. The molecule has 2 atom stereocenters. The molecule has 2 N–H and O–H groups in total. The van der Waals surface area contributed by atoms with E-state index in [0.717, 1.165) is 0 Å². The average molecular weight is 253 g/mol. The molecule has 18 heavy (non-hydrogen) atoms. The van der Waals surface area contributed by atoms with Gasteiger partial charge in [-0.2, -0.15) is 0 Å². The number of fused-ring (bicyclic) bond motifs is 1. The number of para-hydroxylation sites is 2. The molecule has 2 unspecified atom stereocenters. The fourth-order valence-corrected chi connectivity index (χ4v) is 1.65. The van der Waals surface area contributed by atoms with Crippen molar-refractivity contribution in [2.75, 3.05) is 20.3 Å². The van der Waals surface area contributed by atoms with E-state index in [2.05, 4.69) is 5.32 Å². The van der Waals surface area contributed by atoms with Crippen LogP contribution in [0.15, 0.2) is 24.3 Å². The fraction of sp³-hybridized carbons (Fsp3) is 0.417. The van der Waals surface area contributed by atoms with Crippen molar-refractivity contribution in [1.82, 2.24) is 5.32 Å². The third-order valence-corrected chi connectivity index (χ3v) is 2.59. The lowest BCUT2D eigenvalue weighted by molar-refractivity contribution is -0.0424. The number of carbonyl (C=O) groups is 1. The van der Waals surface area contributed by atoms with E-state index in [1.54, 1.807) is 12.1 Å². The number of nitrogens with one attached hydrogen (secondary N) is 1. The molecule has 1 aliphatic heterocycles. The van der Waals surface area contributed by atoms with Crippen LogP contribution in [0, 0.1) is 0 Å². The van der Waals surface area contributed by atoms with Crippen LogP contribution in [-0.2, 0) is 4.74 Å². The Hall–Kier alpha value is -1.95. The second-order valence-electron chi connectivity index (χ2n) is 3.79. The normalized spacial score (nSPS) is 18.9. The van der Waals surface area contributed by atoms with E-state index in [9.17, 15) is 9.90 Å². The average Bonchev–Trinajstić information content (AvgIpc) is 2.44. The Labute approximate surface area is 104 Å². The number of alkyl carbamates (subject to hydrolysis) is 1. The van der Waals surface area contributed by atoms with Gasteiger partial charge in [0.15, 0.2) is 23.7 Å². The summed E-state index contributed by atoms with van der Waals surface area (Å²) < 4.78 is 16.1. The summed E-state index contributed by atoms with van der Waals surface area (Å²) >= 11 is 0. The van der Waals surface area contributed by atoms with Crippen molar-refractivity contribution in [3.8, 4) is 11.5 Å².